The Balaban J connectivity index is 1.38. The third kappa shape index (κ3) is 8.61. The summed E-state index contributed by atoms with van der Waals surface area (Å²) in [6, 6.07) is 20.4. The zero-order valence-corrected chi connectivity index (χ0v) is 26.0. The van der Waals surface area contributed by atoms with E-state index in [9.17, 15) is 26.6 Å². The van der Waals surface area contributed by atoms with Gasteiger partial charge in [0.2, 0.25) is 5.95 Å². The van der Waals surface area contributed by atoms with Crippen molar-refractivity contribution in [2.75, 3.05) is 34.1 Å². The maximum absolute atomic E-state index is 15.3. The largest absolute Gasteiger partial charge is 0.416 e. The number of anilines is 5. The summed E-state index contributed by atoms with van der Waals surface area (Å²) in [6.07, 6.45) is -1.34. The van der Waals surface area contributed by atoms with Crippen molar-refractivity contribution < 1.29 is 31.0 Å². The van der Waals surface area contributed by atoms with Crippen molar-refractivity contribution in [3.05, 3.63) is 120 Å². The molecule has 0 saturated carbocycles. The van der Waals surface area contributed by atoms with E-state index in [1.807, 2.05) is 35.6 Å². The summed E-state index contributed by atoms with van der Waals surface area (Å²) in [5.74, 6) is -1.48. The molecule has 0 saturated heterocycles. The quantitative estimate of drug-likeness (QED) is 0.0940. The summed E-state index contributed by atoms with van der Waals surface area (Å²) in [7, 11) is -2.96. The molecule has 1 aromatic heterocycles. The van der Waals surface area contributed by atoms with Crippen LogP contribution in [-0.4, -0.2) is 33.0 Å². The smallest absolute Gasteiger partial charge is 0.369 e. The second-order valence-corrected chi connectivity index (χ2v) is 12.7. The number of hydrogen-bond donors (Lipinski definition) is 5. The Morgan fingerprint density at radius 2 is 1.62 bits per heavy atom. The van der Waals surface area contributed by atoms with Gasteiger partial charge in [-0.2, -0.15) is 18.2 Å². The fraction of sp³-hybridized carbons (Fsp3) is 0.121. The number of nitrogens with one attached hydrogen (secondary N) is 5. The Hall–Kier alpha value is -5.57. The van der Waals surface area contributed by atoms with Gasteiger partial charge in [0.1, 0.15) is 17.5 Å². The number of nitrogens with zero attached hydrogens (tertiary/aromatic N) is 2. The van der Waals surface area contributed by atoms with Gasteiger partial charge in [-0.15, -0.1) is 0 Å². The van der Waals surface area contributed by atoms with E-state index in [0.29, 0.717) is 58.7 Å². The summed E-state index contributed by atoms with van der Waals surface area (Å²) < 4.78 is 88.5. The molecule has 0 aliphatic rings. The zero-order valence-electron chi connectivity index (χ0n) is 25.2. The predicted octanol–water partition coefficient (Wildman–Crippen LogP) is 8.52. The second-order valence-electron chi connectivity index (χ2n) is 10.6. The Kier molecular flexibility index (Phi) is 9.89. The average molecular weight is 682 g/mol. The number of urea groups is 1. The molecule has 5 N–H and O–H groups in total. The summed E-state index contributed by atoms with van der Waals surface area (Å²) in [6.45, 7) is 0.452. The number of halogens is 5. The molecule has 1 unspecified atom stereocenters. The Bertz CT molecular complexity index is 2060. The van der Waals surface area contributed by atoms with Crippen LogP contribution in [0.4, 0.5) is 55.6 Å². The maximum atomic E-state index is 15.3. The van der Waals surface area contributed by atoms with Gasteiger partial charge in [0, 0.05) is 35.1 Å². The molecular formula is C33H28F5N7O2S. The predicted molar refractivity (Wildman–Crippen MR) is 175 cm³/mol. The van der Waals surface area contributed by atoms with Crippen LogP contribution in [0.1, 0.15) is 11.1 Å². The molecule has 1 atom stereocenters. The van der Waals surface area contributed by atoms with Crippen molar-refractivity contribution in [3.8, 4) is 11.1 Å². The first kappa shape index (κ1) is 33.8. The molecule has 0 fully saturated rings. The maximum Gasteiger partial charge on any atom is 0.416 e. The molecule has 0 spiro atoms. The van der Waals surface area contributed by atoms with E-state index < -0.39 is 44.8 Å². The van der Waals surface area contributed by atoms with Crippen LogP contribution in [-0.2, 0) is 22.3 Å². The van der Waals surface area contributed by atoms with E-state index in [2.05, 4.69) is 25.9 Å². The fourth-order valence-corrected chi connectivity index (χ4v) is 5.25. The fourth-order valence-electron chi connectivity index (χ4n) is 4.56. The third-order valence-electron chi connectivity index (χ3n) is 6.95. The highest BCUT2D eigenvalue weighted by molar-refractivity contribution is 7.91. The van der Waals surface area contributed by atoms with Crippen molar-refractivity contribution in [2.45, 2.75) is 17.5 Å². The van der Waals surface area contributed by atoms with Crippen LogP contribution in [0, 0.1) is 16.4 Å². The lowest BCUT2D eigenvalue weighted by Gasteiger charge is -2.15. The van der Waals surface area contributed by atoms with Gasteiger partial charge in [0.15, 0.2) is 0 Å². The van der Waals surface area contributed by atoms with Gasteiger partial charge in [-0.3, -0.25) is 0 Å². The summed E-state index contributed by atoms with van der Waals surface area (Å²) >= 11 is 0. The van der Waals surface area contributed by atoms with Gasteiger partial charge >= 0.3 is 12.2 Å². The molecule has 5 rings (SSSR count). The molecular weight excluding hydrogens is 653 g/mol. The zero-order chi connectivity index (χ0) is 34.5. The summed E-state index contributed by atoms with van der Waals surface area (Å²) in [4.78, 5) is 21.7. The van der Waals surface area contributed by atoms with Crippen LogP contribution in [0.2, 0.25) is 0 Å². The Morgan fingerprint density at radius 3 is 2.33 bits per heavy atom. The number of alkyl halides is 3. The monoisotopic (exact) mass is 681 g/mol. The lowest BCUT2D eigenvalue weighted by atomic mass is 10.1. The molecule has 0 aliphatic carbocycles. The van der Waals surface area contributed by atoms with Crippen molar-refractivity contribution in [1.82, 2.24) is 9.97 Å². The van der Waals surface area contributed by atoms with Crippen LogP contribution < -0.4 is 21.3 Å². The minimum atomic E-state index is -4.76. The molecule has 5 aromatic rings. The van der Waals surface area contributed by atoms with Crippen molar-refractivity contribution in [2.24, 2.45) is 0 Å². The summed E-state index contributed by atoms with van der Waals surface area (Å²) in [5.41, 5.74) is 0.0961. The molecule has 0 bridgehead atoms. The molecule has 0 aliphatic heterocycles. The van der Waals surface area contributed by atoms with Crippen LogP contribution in [0.3, 0.4) is 0 Å². The first-order valence-corrected chi connectivity index (χ1v) is 16.2. The van der Waals surface area contributed by atoms with Gasteiger partial charge in [-0.1, -0.05) is 42.5 Å². The van der Waals surface area contributed by atoms with Crippen LogP contribution >= 0.6 is 0 Å². The minimum Gasteiger partial charge on any atom is -0.369 e. The topological polar surface area (TPSA) is 132 Å². The number of amides is 2. The molecule has 248 valence electrons. The standard InChI is InChI=1S/C33H28F5N7O2S/c1-48(39,47)24-9-5-8-23(18-24)42-31-41-19-25(30(45-31)40-15-14-20-6-3-2-4-7-20)21-10-13-28(27(35)16-21)43-32(46)44-29-17-22(33(36,37)38)11-12-26(29)34/h2-13,16-19,39H,14-15H2,1H3,(H2,43,44,46)(H2,40,41,42,45). The normalized spacial score (nSPS) is 12.5. The number of carbonyl (C=O) groups excluding carboxylic acids is 1. The van der Waals surface area contributed by atoms with Gasteiger partial charge in [0.05, 0.1) is 26.7 Å². The van der Waals surface area contributed by atoms with Gasteiger partial charge in [-0.05, 0) is 66.1 Å². The molecule has 2 amide bonds. The highest BCUT2D eigenvalue weighted by atomic mass is 32.2. The molecule has 1 heterocycles. The number of hydrogen-bond acceptors (Lipinski definition) is 7. The third-order valence-corrected chi connectivity index (χ3v) is 8.10. The van der Waals surface area contributed by atoms with Crippen molar-refractivity contribution in [3.63, 3.8) is 0 Å². The SMILES string of the molecule is CS(=N)(=O)c1cccc(Nc2ncc(-c3ccc(NC(=O)Nc4cc(C(F)(F)F)ccc4F)c(F)c3)c(NCCc3ccccc3)n2)c1. The molecule has 9 nitrogen and oxygen atoms in total. The lowest BCUT2D eigenvalue weighted by molar-refractivity contribution is -0.137. The second kappa shape index (κ2) is 14.0. The van der Waals surface area contributed by atoms with E-state index in [1.165, 1.54) is 24.6 Å². The number of carbonyl (C=O) groups is 1. The highest BCUT2D eigenvalue weighted by Gasteiger charge is 2.31. The van der Waals surface area contributed by atoms with E-state index in [1.54, 1.807) is 24.3 Å². The van der Waals surface area contributed by atoms with Crippen molar-refractivity contribution in [1.29, 1.82) is 4.78 Å². The lowest BCUT2D eigenvalue weighted by Crippen LogP contribution is -2.21. The van der Waals surface area contributed by atoms with Gasteiger partial charge in [0.25, 0.3) is 0 Å². The van der Waals surface area contributed by atoms with Gasteiger partial charge < -0.3 is 21.3 Å². The molecule has 4 aromatic carbocycles. The average Bonchev–Trinajstić information content (AvgIpc) is 3.03. The molecule has 15 heteroatoms. The van der Waals surface area contributed by atoms with E-state index in [0.717, 1.165) is 11.6 Å². The summed E-state index contributed by atoms with van der Waals surface area (Å²) in [5, 5.41) is 10.4. The minimum absolute atomic E-state index is 0.169. The van der Waals surface area contributed by atoms with Crippen LogP contribution in [0.25, 0.3) is 11.1 Å². The number of rotatable bonds is 10. The number of aromatic nitrogens is 2. The highest BCUT2D eigenvalue weighted by Crippen LogP contribution is 2.33. The number of benzene rings is 4. The van der Waals surface area contributed by atoms with Crippen LogP contribution in [0.5, 0.6) is 0 Å². The Morgan fingerprint density at radius 1 is 0.875 bits per heavy atom. The van der Waals surface area contributed by atoms with Crippen LogP contribution in [0.15, 0.2) is 102 Å². The first-order valence-electron chi connectivity index (χ1n) is 14.3. The Labute approximate surface area is 272 Å². The van der Waals surface area contributed by atoms with Crippen molar-refractivity contribution >= 4 is 44.6 Å². The van der Waals surface area contributed by atoms with E-state index >= 15 is 4.39 Å². The van der Waals surface area contributed by atoms with Gasteiger partial charge in [-0.25, -0.2) is 27.5 Å². The molecule has 0 radical (unpaired) electrons. The molecule has 48 heavy (non-hydrogen) atoms. The van der Waals surface area contributed by atoms with E-state index in [-0.39, 0.29) is 11.6 Å². The first-order chi connectivity index (χ1) is 22.8. The van der Waals surface area contributed by atoms with E-state index in [4.69, 9.17) is 4.78 Å².